The molecule has 0 aliphatic carbocycles. The third-order valence-electron chi connectivity index (χ3n) is 10.6. The Morgan fingerprint density at radius 1 is 0.711 bits per heavy atom. The summed E-state index contributed by atoms with van der Waals surface area (Å²) >= 11 is 9.74. The number of rotatable bonds is 20. The molecule has 36 heteroatoms. The van der Waals surface area contributed by atoms with E-state index in [1.165, 1.54) is 94.7 Å². The largest absolute Gasteiger partial charge is 1.00 e. The first-order valence-electron chi connectivity index (χ1n) is 20.8. The predicted molar refractivity (Wildman–Crippen MR) is 275 cm³/mol. The van der Waals surface area contributed by atoms with Crippen LogP contribution in [-0.4, -0.2) is 160 Å². The number of aryl methyl sites for hydroxylation is 2. The molecule has 0 saturated carbocycles. The van der Waals surface area contributed by atoms with E-state index in [9.17, 15) is 48.6 Å². The van der Waals surface area contributed by atoms with Gasteiger partial charge in [-0.1, -0.05) is 33.8 Å². The molecule has 0 radical (unpaired) electrons. The Morgan fingerprint density at radius 3 is 1.38 bits per heavy atom. The molecule has 0 spiro atoms. The topological polar surface area (TPSA) is 383 Å². The molecule has 8 heterocycles. The van der Waals surface area contributed by atoms with Gasteiger partial charge in [-0.3, -0.25) is 48.4 Å². The van der Waals surface area contributed by atoms with Gasteiger partial charge in [0, 0.05) is 43.5 Å². The molecule has 8 rings (SSSR count). The smallest absolute Gasteiger partial charge is 0.543 e. The quantitative estimate of drug-likeness (QED) is 0.0211. The molecular weight excluding hydrogens is 1180 g/mol. The number of β-lactam (4-membered cyclic amide) rings is 2. The minimum Gasteiger partial charge on any atom is -0.543 e. The van der Waals surface area contributed by atoms with Gasteiger partial charge in [-0.25, -0.2) is 19.9 Å². The Labute approximate surface area is 507 Å². The average Bonchev–Trinajstić information content (AvgIpc) is 4.15. The third-order valence-corrected chi connectivity index (χ3v) is 19.4. The third kappa shape index (κ3) is 13.9. The summed E-state index contributed by atoms with van der Waals surface area (Å²) in [7, 11) is 2.53. The molecule has 4 aliphatic rings. The summed E-state index contributed by atoms with van der Waals surface area (Å²) in [6, 6.07) is -2.07. The fraction of sp³-hybridized carbons (Fsp3) is 0.350. The number of nitrogens with zero attached hydrogens (tertiary/aromatic N) is 10. The molecule has 26 nitrogen and oxygen atoms in total. The number of nitrogens with two attached hydrogens (primary N) is 2. The van der Waals surface area contributed by atoms with E-state index in [2.05, 4.69) is 39.9 Å². The van der Waals surface area contributed by atoms with E-state index < -0.39 is 70.3 Å². The Bertz CT molecular complexity index is 2860. The van der Waals surface area contributed by atoms with Gasteiger partial charge in [0.05, 0.1) is 47.6 Å². The number of amides is 4. The number of thiazole rings is 4. The maximum absolute atomic E-state index is 13.3. The van der Waals surface area contributed by atoms with Crippen LogP contribution in [0, 0.1) is 13.8 Å². The van der Waals surface area contributed by atoms with Crippen LogP contribution >= 0.6 is 92.4 Å². The van der Waals surface area contributed by atoms with Crippen molar-refractivity contribution < 1.29 is 128 Å². The Hall–Kier alpha value is -4.30. The second-order valence-electron chi connectivity index (χ2n) is 15.2. The monoisotopic (exact) mass is 1210 g/mol. The number of hydrogen-bond donors (Lipinski definition) is 4. The fourth-order valence-corrected chi connectivity index (χ4v) is 16.0. The standard InChI is InChI=1S/2C20H20N6O7S4.2Na/c2*1-8-10(3-13(28)29)37-20(23-8)36-6-9-5-34-17-15(16(30)26(17)14(9)18(31)32)25(12(27)4-22-33-2)11-7-35-19(21)24-11;;/h2*4,7,15,17H,3,5-6H2,1-2H3,(H2,21,24)(H,28,29)(H,31,32);;/q;;2*+1/p-2/t2*15-,17-;;/m11../s1. The zero-order valence-electron chi connectivity index (χ0n) is 40.5. The molecule has 4 aliphatic heterocycles. The summed E-state index contributed by atoms with van der Waals surface area (Å²) in [5, 5.41) is 51.3. The van der Waals surface area contributed by atoms with Crippen LogP contribution in [0.3, 0.4) is 0 Å². The number of carbonyl (C=O) groups is 8. The van der Waals surface area contributed by atoms with Crippen molar-refractivity contribution in [2.75, 3.05) is 58.5 Å². The van der Waals surface area contributed by atoms with Gasteiger partial charge in [-0.2, -0.15) is 0 Å². The van der Waals surface area contributed by atoms with Crippen LogP contribution in [-0.2, 0) is 60.9 Å². The summed E-state index contributed by atoms with van der Waals surface area (Å²) in [5.41, 5.74) is 13.1. The maximum atomic E-state index is 13.3. The van der Waals surface area contributed by atoms with E-state index in [1.54, 1.807) is 13.8 Å². The Kier molecular flexibility index (Phi) is 22.7. The zero-order chi connectivity index (χ0) is 53.7. The summed E-state index contributed by atoms with van der Waals surface area (Å²) in [5.74, 6) is -6.29. The number of thioether (sulfide) groups is 4. The predicted octanol–water partition coefficient (Wildman–Crippen LogP) is -5.67. The first kappa shape index (κ1) is 62.5. The summed E-state index contributed by atoms with van der Waals surface area (Å²) in [6.45, 7) is 3.43. The molecule has 4 aromatic heterocycles. The van der Waals surface area contributed by atoms with Crippen molar-refractivity contribution in [1.82, 2.24) is 29.7 Å². The molecule has 2 fully saturated rings. The number of aliphatic carboxylic acids is 4. The first-order valence-corrected chi connectivity index (χ1v) is 28.3. The van der Waals surface area contributed by atoms with Gasteiger partial charge in [-0.05, 0) is 25.0 Å². The van der Waals surface area contributed by atoms with Crippen LogP contribution in [0.2, 0.25) is 0 Å². The van der Waals surface area contributed by atoms with Crippen molar-refractivity contribution in [2.45, 2.75) is 58.2 Å². The summed E-state index contributed by atoms with van der Waals surface area (Å²) < 4.78 is 1.18. The van der Waals surface area contributed by atoms with E-state index in [0.29, 0.717) is 41.0 Å². The van der Waals surface area contributed by atoms with Crippen LogP contribution in [0.1, 0.15) is 21.1 Å². The van der Waals surface area contributed by atoms with Crippen molar-refractivity contribution in [3.05, 3.63) is 54.4 Å². The van der Waals surface area contributed by atoms with Crippen molar-refractivity contribution in [3.63, 3.8) is 0 Å². The van der Waals surface area contributed by atoms with Crippen LogP contribution in [0.15, 0.2) is 52.3 Å². The number of fused-ring (bicyclic) bond motifs is 2. The van der Waals surface area contributed by atoms with Gasteiger partial charge in [0.25, 0.3) is 23.6 Å². The van der Waals surface area contributed by atoms with Crippen LogP contribution in [0.4, 0.5) is 21.9 Å². The molecule has 4 atom stereocenters. The molecule has 0 bridgehead atoms. The number of anilines is 4. The molecule has 76 heavy (non-hydrogen) atoms. The van der Waals surface area contributed by atoms with Gasteiger partial charge < -0.3 is 51.2 Å². The van der Waals surface area contributed by atoms with Crippen LogP contribution in [0.25, 0.3) is 0 Å². The second-order valence-corrected chi connectivity index (χ2v) is 23.8. The summed E-state index contributed by atoms with van der Waals surface area (Å²) in [4.78, 5) is 130. The van der Waals surface area contributed by atoms with Crippen molar-refractivity contribution >= 4 is 174 Å². The van der Waals surface area contributed by atoms with E-state index in [-0.39, 0.29) is 128 Å². The molecule has 392 valence electrons. The molecule has 6 N–H and O–H groups in total. The van der Waals surface area contributed by atoms with Crippen molar-refractivity contribution in [2.24, 2.45) is 10.3 Å². The SMILES string of the molecule is CON=CC(=O)N(c1csc(N)n1)[C@@H]1C(=O)N2C(C(=O)[O-])=C(CSc3nc(C)c(CC(=O)O)s3)CS[C@H]12.CON=CC(=O)N(c1csc(N)n1)[C@@H]1C(=O)N2C(C(=O)[O-])=C(CSc3nc(C)c(CC(=O)O)s3)CS[C@H]12.[Na+].[Na+]. The normalized spacial score (nSPS) is 18.6. The molecule has 4 amide bonds. The molecule has 0 unspecified atom stereocenters. The van der Waals surface area contributed by atoms with Crippen molar-refractivity contribution in [1.29, 1.82) is 0 Å². The van der Waals surface area contributed by atoms with Crippen molar-refractivity contribution in [3.8, 4) is 0 Å². The van der Waals surface area contributed by atoms with E-state index in [1.807, 2.05) is 0 Å². The number of oxime groups is 2. The van der Waals surface area contributed by atoms with Crippen LogP contribution < -0.4 is 90.6 Å². The van der Waals surface area contributed by atoms with Crippen LogP contribution in [0.5, 0.6) is 0 Å². The van der Waals surface area contributed by atoms with Gasteiger partial charge >= 0.3 is 71.1 Å². The maximum Gasteiger partial charge on any atom is 1.00 e. The van der Waals surface area contributed by atoms with E-state index >= 15 is 0 Å². The van der Waals surface area contributed by atoms with Gasteiger partial charge in [0.2, 0.25) is 0 Å². The average molecular weight is 1210 g/mol. The summed E-state index contributed by atoms with van der Waals surface area (Å²) in [6.07, 6.45) is 1.50. The number of carbonyl (C=O) groups excluding carboxylic acids is 6. The minimum atomic E-state index is -1.51. The first-order chi connectivity index (χ1) is 35.2. The Morgan fingerprint density at radius 2 is 1.08 bits per heavy atom. The zero-order valence-corrected chi connectivity index (χ0v) is 51.1. The van der Waals surface area contributed by atoms with Gasteiger partial charge in [0.1, 0.15) is 61.1 Å². The number of hydrogen-bond acceptors (Lipinski definition) is 28. The van der Waals surface area contributed by atoms with E-state index in [0.717, 1.165) is 54.7 Å². The second kappa shape index (κ2) is 27.5. The van der Waals surface area contributed by atoms with Gasteiger partial charge in [0.15, 0.2) is 18.9 Å². The number of carboxylic acid groups (broad SMARTS) is 4. The molecule has 4 aromatic rings. The molecular formula is C40H38N12Na2O14S8. The fourth-order valence-electron chi connectivity index (χ4n) is 7.45. The molecule has 0 aromatic carbocycles. The Balaban J connectivity index is 0.000000274. The van der Waals surface area contributed by atoms with Gasteiger partial charge in [-0.15, -0.1) is 68.9 Å². The number of carboxylic acids is 4. The van der Waals surface area contributed by atoms with E-state index in [4.69, 9.17) is 21.7 Å². The number of nitrogen functional groups attached to an aromatic ring is 2. The molecule has 2 saturated heterocycles. The minimum absolute atomic E-state index is 0. The number of aromatic nitrogens is 4.